The fraction of sp³-hybridized carbons (Fsp3) is 0.214. The highest BCUT2D eigenvalue weighted by molar-refractivity contribution is 7.18. The summed E-state index contributed by atoms with van der Waals surface area (Å²) in [4.78, 5) is 23.0. The number of nitro groups is 1. The maximum Gasteiger partial charge on any atom is 0.296 e. The number of nitro benzene ring substituents is 1. The Morgan fingerprint density at radius 1 is 1.41 bits per heavy atom. The molecule has 116 valence electrons. The third-order valence-corrected chi connectivity index (χ3v) is 3.91. The first-order valence-electron chi connectivity index (χ1n) is 6.49. The molecule has 2 rings (SSSR count). The van der Waals surface area contributed by atoms with E-state index in [2.05, 4.69) is 5.32 Å². The molecule has 0 saturated carbocycles. The van der Waals surface area contributed by atoms with Crippen LogP contribution in [0.4, 0.5) is 11.4 Å². The van der Waals surface area contributed by atoms with Crippen molar-refractivity contribution in [2.45, 2.75) is 13.3 Å². The van der Waals surface area contributed by atoms with E-state index in [0.717, 1.165) is 17.8 Å². The third-order valence-electron chi connectivity index (χ3n) is 2.68. The van der Waals surface area contributed by atoms with Gasteiger partial charge in [-0.05, 0) is 30.7 Å². The fourth-order valence-corrected chi connectivity index (χ4v) is 2.64. The number of nitrogens with one attached hydrogen (secondary N) is 1. The third kappa shape index (κ3) is 3.96. The van der Waals surface area contributed by atoms with Gasteiger partial charge in [-0.1, -0.05) is 18.5 Å². The van der Waals surface area contributed by atoms with Crippen LogP contribution in [0.2, 0.25) is 4.34 Å². The summed E-state index contributed by atoms with van der Waals surface area (Å²) in [7, 11) is 0. The Morgan fingerprint density at radius 3 is 2.77 bits per heavy atom. The van der Waals surface area contributed by atoms with Crippen LogP contribution in [0.15, 0.2) is 30.3 Å². The van der Waals surface area contributed by atoms with Crippen LogP contribution < -0.4 is 10.1 Å². The van der Waals surface area contributed by atoms with E-state index < -0.39 is 10.8 Å². The molecule has 1 aromatic carbocycles. The molecule has 1 heterocycles. The largest absolute Gasteiger partial charge is 0.493 e. The van der Waals surface area contributed by atoms with Gasteiger partial charge in [-0.2, -0.15) is 0 Å². The van der Waals surface area contributed by atoms with E-state index in [0.29, 0.717) is 21.6 Å². The number of rotatable bonds is 6. The molecule has 1 aromatic heterocycles. The lowest BCUT2D eigenvalue weighted by Crippen LogP contribution is -2.11. The van der Waals surface area contributed by atoms with Crippen LogP contribution >= 0.6 is 22.9 Å². The van der Waals surface area contributed by atoms with Crippen molar-refractivity contribution in [3.05, 3.63) is 49.7 Å². The molecule has 0 bridgehead atoms. The van der Waals surface area contributed by atoms with Crippen molar-refractivity contribution in [1.82, 2.24) is 0 Å². The van der Waals surface area contributed by atoms with Gasteiger partial charge in [0.15, 0.2) is 0 Å². The molecule has 22 heavy (non-hydrogen) atoms. The van der Waals surface area contributed by atoms with E-state index in [9.17, 15) is 14.9 Å². The number of carbonyl (C=O) groups is 1. The van der Waals surface area contributed by atoms with E-state index in [4.69, 9.17) is 16.3 Å². The highest BCUT2D eigenvalue weighted by Crippen LogP contribution is 2.30. The Labute approximate surface area is 135 Å². The van der Waals surface area contributed by atoms with Crippen LogP contribution in [0.5, 0.6) is 5.75 Å². The number of nitrogens with zero attached hydrogens (tertiary/aromatic N) is 1. The monoisotopic (exact) mass is 340 g/mol. The zero-order chi connectivity index (χ0) is 16.1. The van der Waals surface area contributed by atoms with Gasteiger partial charge in [-0.15, -0.1) is 11.3 Å². The van der Waals surface area contributed by atoms with Crippen LogP contribution in [0.25, 0.3) is 0 Å². The number of hydrogen-bond donors (Lipinski definition) is 1. The van der Waals surface area contributed by atoms with E-state index >= 15 is 0 Å². The number of thiophene rings is 1. The van der Waals surface area contributed by atoms with Crippen molar-refractivity contribution < 1.29 is 14.5 Å². The lowest BCUT2D eigenvalue weighted by molar-refractivity contribution is -0.384. The molecule has 6 nitrogen and oxygen atoms in total. The summed E-state index contributed by atoms with van der Waals surface area (Å²) in [5, 5.41) is 13.7. The van der Waals surface area contributed by atoms with E-state index in [1.807, 2.05) is 6.92 Å². The predicted octanol–water partition coefficient (Wildman–Crippen LogP) is 4.35. The van der Waals surface area contributed by atoms with Crippen molar-refractivity contribution in [3.63, 3.8) is 0 Å². The van der Waals surface area contributed by atoms with Crippen LogP contribution in [-0.4, -0.2) is 17.4 Å². The van der Waals surface area contributed by atoms with Crippen LogP contribution in [-0.2, 0) is 0 Å². The molecule has 0 aliphatic heterocycles. The molecule has 0 aliphatic rings. The summed E-state index contributed by atoms with van der Waals surface area (Å²) in [5.74, 6) is -0.0482. The Hall–Kier alpha value is -2.12. The van der Waals surface area contributed by atoms with E-state index in [-0.39, 0.29) is 11.4 Å². The molecule has 0 unspecified atom stereocenters. The highest BCUT2D eigenvalue weighted by atomic mass is 35.5. The summed E-state index contributed by atoms with van der Waals surface area (Å²) in [5.41, 5.74) is -0.104. The van der Waals surface area contributed by atoms with Crippen molar-refractivity contribution in [2.75, 3.05) is 11.9 Å². The molecule has 0 spiro atoms. The average Bonchev–Trinajstić information content (AvgIpc) is 2.92. The minimum absolute atomic E-state index is 0.114. The highest BCUT2D eigenvalue weighted by Gasteiger charge is 2.18. The molecule has 1 amide bonds. The second-order valence-electron chi connectivity index (χ2n) is 4.34. The van der Waals surface area contributed by atoms with Gasteiger partial charge in [0.05, 0.1) is 26.8 Å². The first-order valence-corrected chi connectivity index (χ1v) is 7.68. The first-order chi connectivity index (χ1) is 10.5. The average molecular weight is 341 g/mol. The van der Waals surface area contributed by atoms with Gasteiger partial charge in [-0.3, -0.25) is 14.9 Å². The maximum absolute atomic E-state index is 12.0. The minimum Gasteiger partial charge on any atom is -0.493 e. The van der Waals surface area contributed by atoms with E-state index in [1.54, 1.807) is 18.2 Å². The zero-order valence-corrected chi connectivity index (χ0v) is 13.2. The van der Waals surface area contributed by atoms with Crippen molar-refractivity contribution >= 4 is 40.2 Å². The van der Waals surface area contributed by atoms with Crippen LogP contribution in [0, 0.1) is 10.1 Å². The lowest BCUT2D eigenvalue weighted by Gasteiger charge is -2.08. The smallest absolute Gasteiger partial charge is 0.296 e. The molecule has 0 saturated heterocycles. The molecule has 0 aliphatic carbocycles. The van der Waals surface area contributed by atoms with Gasteiger partial charge < -0.3 is 10.1 Å². The maximum atomic E-state index is 12.0. The molecular weight excluding hydrogens is 328 g/mol. The topological polar surface area (TPSA) is 81.5 Å². The Kier molecular flexibility index (Phi) is 5.35. The molecule has 0 fully saturated rings. The minimum atomic E-state index is -0.560. The van der Waals surface area contributed by atoms with E-state index in [1.165, 1.54) is 12.1 Å². The SMILES string of the molecule is CCCOc1ccc(NC(=O)c2ccc(Cl)s2)c([N+](=O)[O-])c1. The van der Waals surface area contributed by atoms with Crippen LogP contribution in [0.1, 0.15) is 23.0 Å². The van der Waals surface area contributed by atoms with Gasteiger partial charge >= 0.3 is 0 Å². The normalized spacial score (nSPS) is 10.3. The van der Waals surface area contributed by atoms with Crippen molar-refractivity contribution in [1.29, 1.82) is 0 Å². The standard InChI is InChI=1S/C14H13ClN2O4S/c1-2-7-21-9-3-4-10(11(8-9)17(19)20)16-14(18)12-5-6-13(15)22-12/h3-6,8H,2,7H2,1H3,(H,16,18). The number of carbonyl (C=O) groups excluding carboxylic acids is 1. The Balaban J connectivity index is 2.22. The van der Waals surface area contributed by atoms with Crippen molar-refractivity contribution in [3.8, 4) is 5.75 Å². The number of anilines is 1. The number of ether oxygens (including phenoxy) is 1. The number of benzene rings is 1. The van der Waals surface area contributed by atoms with Gasteiger partial charge in [0.1, 0.15) is 11.4 Å². The summed E-state index contributed by atoms with van der Waals surface area (Å²) >= 11 is 6.87. The quantitative estimate of drug-likeness (QED) is 0.626. The fourth-order valence-electron chi connectivity index (χ4n) is 1.70. The van der Waals surface area contributed by atoms with Crippen molar-refractivity contribution in [2.24, 2.45) is 0 Å². The summed E-state index contributed by atoms with van der Waals surface area (Å²) in [6, 6.07) is 7.49. The Morgan fingerprint density at radius 2 is 2.18 bits per heavy atom. The summed E-state index contributed by atoms with van der Waals surface area (Å²) in [6.07, 6.45) is 0.797. The van der Waals surface area contributed by atoms with Gasteiger partial charge in [0.2, 0.25) is 0 Å². The molecule has 8 heteroatoms. The molecule has 0 radical (unpaired) electrons. The van der Waals surface area contributed by atoms with Gasteiger partial charge in [0.25, 0.3) is 11.6 Å². The number of hydrogen-bond acceptors (Lipinski definition) is 5. The second-order valence-corrected chi connectivity index (χ2v) is 6.06. The Bertz CT molecular complexity index is 702. The molecule has 1 N–H and O–H groups in total. The predicted molar refractivity (Wildman–Crippen MR) is 86.2 cm³/mol. The second kappa shape index (κ2) is 7.24. The lowest BCUT2D eigenvalue weighted by atomic mass is 10.2. The number of halogens is 1. The molecular formula is C14H13ClN2O4S. The van der Waals surface area contributed by atoms with Gasteiger partial charge in [0, 0.05) is 0 Å². The van der Waals surface area contributed by atoms with Gasteiger partial charge in [-0.25, -0.2) is 0 Å². The zero-order valence-electron chi connectivity index (χ0n) is 11.7. The summed E-state index contributed by atoms with van der Waals surface area (Å²) in [6.45, 7) is 2.41. The summed E-state index contributed by atoms with van der Waals surface area (Å²) < 4.78 is 5.84. The molecule has 2 aromatic rings. The number of amides is 1. The van der Waals surface area contributed by atoms with Crippen LogP contribution in [0.3, 0.4) is 0 Å². The first kappa shape index (κ1) is 16.3. The molecule has 0 atom stereocenters.